The molecule has 3 heterocycles. The molecule has 1 aromatic carbocycles. The normalized spacial score (nSPS) is 19.9. The first-order chi connectivity index (χ1) is 15.4. The highest BCUT2D eigenvalue weighted by Gasteiger charge is 2.31. The molecule has 0 spiro atoms. The number of carbonyl (C=O) groups excluding carboxylic acids is 2. The van der Waals surface area contributed by atoms with Crippen LogP contribution in [0.3, 0.4) is 0 Å². The molecule has 2 fully saturated rings. The monoisotopic (exact) mass is 442 g/mol. The van der Waals surface area contributed by atoms with Crippen molar-refractivity contribution in [3.8, 4) is 11.4 Å². The Morgan fingerprint density at radius 3 is 2.66 bits per heavy atom. The molecule has 2 aliphatic rings. The Hall–Kier alpha value is -2.77. The van der Waals surface area contributed by atoms with Crippen LogP contribution in [0.15, 0.2) is 22.7 Å². The summed E-state index contributed by atoms with van der Waals surface area (Å²) >= 11 is 0. The zero-order chi connectivity index (χ0) is 22.7. The molecule has 7 nitrogen and oxygen atoms in total. The van der Waals surface area contributed by atoms with Gasteiger partial charge in [0.25, 0.3) is 0 Å². The zero-order valence-corrected chi connectivity index (χ0v) is 18.8. The number of aryl methyl sites for hydroxylation is 2. The maximum atomic E-state index is 13.8. The van der Waals surface area contributed by atoms with Gasteiger partial charge in [0.05, 0.1) is 0 Å². The Kier molecular flexibility index (Phi) is 6.86. The molecule has 0 bridgehead atoms. The molecular weight excluding hydrogens is 411 g/mol. The molecule has 2 aliphatic heterocycles. The van der Waals surface area contributed by atoms with E-state index in [4.69, 9.17) is 4.52 Å². The molecule has 0 N–H and O–H groups in total. The minimum atomic E-state index is -0.319. The summed E-state index contributed by atoms with van der Waals surface area (Å²) in [6.45, 7) is 6.83. The molecule has 32 heavy (non-hydrogen) atoms. The SMILES string of the molecule is Cc1ccc(-c2noc(CCC(=O)N3CCC(C(=O)N4CCCC(C)C4)CC3)n2)cc1F. The predicted octanol–water partition coefficient (Wildman–Crippen LogP) is 3.61. The van der Waals surface area contributed by atoms with Crippen molar-refractivity contribution < 1.29 is 18.5 Å². The van der Waals surface area contributed by atoms with Crippen molar-refractivity contribution in [1.82, 2.24) is 19.9 Å². The molecule has 0 aliphatic carbocycles. The van der Waals surface area contributed by atoms with E-state index in [-0.39, 0.29) is 30.0 Å². The molecule has 1 unspecified atom stereocenters. The minimum Gasteiger partial charge on any atom is -0.343 e. The molecule has 1 atom stereocenters. The van der Waals surface area contributed by atoms with Gasteiger partial charge in [0.1, 0.15) is 5.82 Å². The Morgan fingerprint density at radius 2 is 1.94 bits per heavy atom. The Labute approximate surface area is 188 Å². The first-order valence-corrected chi connectivity index (χ1v) is 11.6. The molecule has 2 saturated heterocycles. The van der Waals surface area contributed by atoms with Gasteiger partial charge in [-0.15, -0.1) is 0 Å². The number of rotatable bonds is 5. The van der Waals surface area contributed by atoms with Crippen LogP contribution in [0.5, 0.6) is 0 Å². The lowest BCUT2D eigenvalue weighted by atomic mass is 9.92. The van der Waals surface area contributed by atoms with Gasteiger partial charge in [0.15, 0.2) is 0 Å². The van der Waals surface area contributed by atoms with Crippen LogP contribution < -0.4 is 0 Å². The van der Waals surface area contributed by atoms with Crippen LogP contribution in [0.1, 0.15) is 50.5 Å². The fourth-order valence-corrected chi connectivity index (χ4v) is 4.60. The van der Waals surface area contributed by atoms with Crippen molar-refractivity contribution in [1.29, 1.82) is 0 Å². The van der Waals surface area contributed by atoms with Gasteiger partial charge in [0, 0.05) is 50.5 Å². The second-order valence-corrected chi connectivity index (χ2v) is 9.16. The Morgan fingerprint density at radius 1 is 1.16 bits per heavy atom. The molecule has 0 saturated carbocycles. The highest BCUT2D eigenvalue weighted by atomic mass is 19.1. The predicted molar refractivity (Wildman–Crippen MR) is 117 cm³/mol. The molecule has 0 radical (unpaired) electrons. The largest absolute Gasteiger partial charge is 0.343 e. The smallest absolute Gasteiger partial charge is 0.227 e. The van der Waals surface area contributed by atoms with E-state index in [9.17, 15) is 14.0 Å². The van der Waals surface area contributed by atoms with Crippen molar-refractivity contribution in [3.05, 3.63) is 35.5 Å². The quantitative estimate of drug-likeness (QED) is 0.707. The van der Waals surface area contributed by atoms with Crippen molar-refractivity contribution in [2.75, 3.05) is 26.2 Å². The van der Waals surface area contributed by atoms with Crippen molar-refractivity contribution in [2.45, 2.75) is 52.4 Å². The number of nitrogens with zero attached hydrogens (tertiary/aromatic N) is 4. The summed E-state index contributed by atoms with van der Waals surface area (Å²) in [5.41, 5.74) is 1.10. The van der Waals surface area contributed by atoms with Gasteiger partial charge in [0.2, 0.25) is 23.5 Å². The maximum Gasteiger partial charge on any atom is 0.227 e. The molecule has 4 rings (SSSR count). The molecular formula is C24H31FN4O3. The standard InChI is InChI=1S/C24H31FN4O3/c1-16-4-3-11-29(15-16)24(31)18-9-12-28(13-10-18)22(30)8-7-21-26-23(27-32-21)19-6-5-17(2)20(25)14-19/h5-6,14,16,18H,3-4,7-13,15H2,1-2H3. The molecule has 2 amide bonds. The van der Waals surface area contributed by atoms with Gasteiger partial charge in [-0.3, -0.25) is 9.59 Å². The number of likely N-dealkylation sites (tertiary alicyclic amines) is 2. The van der Waals surface area contributed by atoms with E-state index < -0.39 is 0 Å². The number of amides is 2. The second-order valence-electron chi connectivity index (χ2n) is 9.16. The molecule has 8 heteroatoms. The summed E-state index contributed by atoms with van der Waals surface area (Å²) in [6.07, 6.45) is 4.33. The van der Waals surface area contributed by atoms with Crippen LogP contribution >= 0.6 is 0 Å². The lowest BCUT2D eigenvalue weighted by molar-refractivity contribution is -0.142. The van der Waals surface area contributed by atoms with Gasteiger partial charge in [-0.05, 0) is 50.2 Å². The Bertz CT molecular complexity index is 968. The number of halogens is 1. The minimum absolute atomic E-state index is 0.0257. The Balaban J connectivity index is 1.24. The van der Waals surface area contributed by atoms with Gasteiger partial charge in [-0.1, -0.05) is 24.2 Å². The number of piperidine rings is 2. The van der Waals surface area contributed by atoms with Gasteiger partial charge in [-0.2, -0.15) is 4.98 Å². The lowest BCUT2D eigenvalue weighted by Gasteiger charge is -2.37. The van der Waals surface area contributed by atoms with E-state index >= 15 is 0 Å². The van der Waals surface area contributed by atoms with E-state index in [0.717, 1.165) is 32.4 Å². The topological polar surface area (TPSA) is 79.5 Å². The number of hydrogen-bond acceptors (Lipinski definition) is 5. The summed E-state index contributed by atoms with van der Waals surface area (Å²) in [7, 11) is 0. The van der Waals surface area contributed by atoms with Crippen LogP contribution in [-0.4, -0.2) is 57.9 Å². The number of hydrogen-bond donors (Lipinski definition) is 0. The molecule has 2 aromatic rings. The fraction of sp³-hybridized carbons (Fsp3) is 0.583. The van der Waals surface area contributed by atoms with E-state index in [0.29, 0.717) is 48.3 Å². The van der Waals surface area contributed by atoms with Crippen LogP contribution in [0, 0.1) is 24.6 Å². The van der Waals surface area contributed by atoms with Crippen molar-refractivity contribution >= 4 is 11.8 Å². The molecule has 1 aromatic heterocycles. The van der Waals surface area contributed by atoms with Crippen molar-refractivity contribution in [2.24, 2.45) is 11.8 Å². The van der Waals surface area contributed by atoms with E-state index in [2.05, 4.69) is 17.1 Å². The number of aromatic nitrogens is 2. The maximum absolute atomic E-state index is 13.8. The first-order valence-electron chi connectivity index (χ1n) is 11.6. The zero-order valence-electron chi connectivity index (χ0n) is 18.8. The summed E-state index contributed by atoms with van der Waals surface area (Å²) in [4.78, 5) is 33.6. The summed E-state index contributed by atoms with van der Waals surface area (Å²) in [6, 6.07) is 4.80. The van der Waals surface area contributed by atoms with Gasteiger partial charge in [-0.25, -0.2) is 4.39 Å². The van der Waals surface area contributed by atoms with Gasteiger partial charge >= 0.3 is 0 Å². The third kappa shape index (κ3) is 5.16. The van der Waals surface area contributed by atoms with E-state index in [1.165, 1.54) is 12.5 Å². The van der Waals surface area contributed by atoms with Crippen molar-refractivity contribution in [3.63, 3.8) is 0 Å². The third-order valence-electron chi connectivity index (χ3n) is 6.62. The number of carbonyl (C=O) groups is 2. The van der Waals surface area contributed by atoms with Crippen LogP contribution in [0.2, 0.25) is 0 Å². The number of benzene rings is 1. The summed E-state index contributed by atoms with van der Waals surface area (Å²) in [5, 5.41) is 3.91. The van der Waals surface area contributed by atoms with Crippen LogP contribution in [0.25, 0.3) is 11.4 Å². The highest BCUT2D eigenvalue weighted by molar-refractivity contribution is 5.80. The lowest BCUT2D eigenvalue weighted by Crippen LogP contribution is -2.47. The highest BCUT2D eigenvalue weighted by Crippen LogP contribution is 2.24. The average molecular weight is 443 g/mol. The van der Waals surface area contributed by atoms with Gasteiger partial charge < -0.3 is 14.3 Å². The van der Waals surface area contributed by atoms with E-state index in [1.807, 2.05) is 9.80 Å². The molecule has 172 valence electrons. The van der Waals surface area contributed by atoms with E-state index in [1.54, 1.807) is 19.1 Å². The first kappa shape index (κ1) is 22.4. The third-order valence-corrected chi connectivity index (χ3v) is 6.62. The van der Waals surface area contributed by atoms with Crippen LogP contribution in [-0.2, 0) is 16.0 Å². The summed E-state index contributed by atoms with van der Waals surface area (Å²) < 4.78 is 19.0. The van der Waals surface area contributed by atoms with Crippen LogP contribution in [0.4, 0.5) is 4.39 Å². The second kappa shape index (κ2) is 9.79. The fourth-order valence-electron chi connectivity index (χ4n) is 4.60. The average Bonchev–Trinajstić information content (AvgIpc) is 3.28. The summed E-state index contributed by atoms with van der Waals surface area (Å²) in [5.74, 6) is 1.25.